The minimum Gasteiger partial charge on any atom is -0.306 e. The third-order valence-corrected chi connectivity index (χ3v) is 3.91. The van der Waals surface area contributed by atoms with E-state index in [9.17, 15) is 0 Å². The van der Waals surface area contributed by atoms with Crippen LogP contribution in [0.3, 0.4) is 0 Å². The molecule has 0 aromatic rings. The van der Waals surface area contributed by atoms with E-state index in [1.807, 2.05) is 0 Å². The zero-order valence-corrected chi connectivity index (χ0v) is 9.00. The molecule has 2 fully saturated rings. The van der Waals surface area contributed by atoms with Crippen LogP contribution in [-0.4, -0.2) is 49.1 Å². The molecule has 2 aliphatic rings. The first-order chi connectivity index (χ1) is 6.27. The van der Waals surface area contributed by atoms with Crippen molar-refractivity contribution in [3.63, 3.8) is 0 Å². The van der Waals surface area contributed by atoms with Crippen molar-refractivity contribution in [3.05, 3.63) is 0 Å². The summed E-state index contributed by atoms with van der Waals surface area (Å²) in [6.07, 6.45) is 7.11. The zero-order valence-electron chi connectivity index (χ0n) is 9.00. The van der Waals surface area contributed by atoms with Crippen molar-refractivity contribution in [3.8, 4) is 0 Å². The van der Waals surface area contributed by atoms with Gasteiger partial charge in [-0.3, -0.25) is 0 Å². The van der Waals surface area contributed by atoms with Gasteiger partial charge in [0.05, 0.1) is 0 Å². The lowest BCUT2D eigenvalue weighted by Gasteiger charge is -2.43. The van der Waals surface area contributed by atoms with Crippen LogP contribution in [-0.2, 0) is 0 Å². The average molecular weight is 182 g/mol. The van der Waals surface area contributed by atoms with Gasteiger partial charge in [0.25, 0.3) is 0 Å². The van der Waals surface area contributed by atoms with Crippen LogP contribution in [0.4, 0.5) is 0 Å². The molecule has 0 amide bonds. The fraction of sp³-hybridized carbons (Fsp3) is 1.00. The number of piperidine rings is 1. The van der Waals surface area contributed by atoms with E-state index in [-0.39, 0.29) is 0 Å². The van der Waals surface area contributed by atoms with Crippen molar-refractivity contribution in [2.75, 3.05) is 27.2 Å². The molecule has 1 heterocycles. The van der Waals surface area contributed by atoms with Crippen molar-refractivity contribution < 1.29 is 0 Å². The molecule has 13 heavy (non-hydrogen) atoms. The van der Waals surface area contributed by atoms with Gasteiger partial charge < -0.3 is 9.80 Å². The molecule has 0 radical (unpaired) electrons. The van der Waals surface area contributed by atoms with Gasteiger partial charge in [0, 0.05) is 12.1 Å². The Labute approximate surface area is 81.9 Å². The lowest BCUT2D eigenvalue weighted by molar-refractivity contribution is 0.0701. The van der Waals surface area contributed by atoms with Gasteiger partial charge in [-0.15, -0.1) is 0 Å². The second-order valence-corrected chi connectivity index (χ2v) is 4.78. The Morgan fingerprint density at radius 1 is 1.00 bits per heavy atom. The summed E-state index contributed by atoms with van der Waals surface area (Å²) < 4.78 is 0. The van der Waals surface area contributed by atoms with E-state index in [1.165, 1.54) is 45.2 Å². The number of rotatable bonds is 2. The van der Waals surface area contributed by atoms with Gasteiger partial charge in [-0.25, -0.2) is 0 Å². The van der Waals surface area contributed by atoms with E-state index < -0.39 is 0 Å². The van der Waals surface area contributed by atoms with E-state index in [1.54, 1.807) is 0 Å². The van der Waals surface area contributed by atoms with Crippen molar-refractivity contribution >= 4 is 0 Å². The van der Waals surface area contributed by atoms with E-state index >= 15 is 0 Å². The molecule has 1 aliphatic heterocycles. The molecule has 2 rings (SSSR count). The van der Waals surface area contributed by atoms with Gasteiger partial charge >= 0.3 is 0 Å². The highest BCUT2D eigenvalue weighted by molar-refractivity contribution is 4.85. The number of hydrogen-bond acceptors (Lipinski definition) is 2. The van der Waals surface area contributed by atoms with Crippen LogP contribution in [0.1, 0.15) is 32.1 Å². The van der Waals surface area contributed by atoms with E-state index in [0.717, 1.165) is 12.1 Å². The fourth-order valence-electron chi connectivity index (χ4n) is 2.49. The van der Waals surface area contributed by atoms with Crippen LogP contribution < -0.4 is 0 Å². The van der Waals surface area contributed by atoms with Crippen molar-refractivity contribution in [1.29, 1.82) is 0 Å². The van der Waals surface area contributed by atoms with Crippen LogP contribution in [0.25, 0.3) is 0 Å². The molecule has 0 N–H and O–H groups in total. The second kappa shape index (κ2) is 3.97. The molecule has 0 unspecified atom stereocenters. The summed E-state index contributed by atoms with van der Waals surface area (Å²) in [6, 6.07) is 1.80. The van der Waals surface area contributed by atoms with Gasteiger partial charge in [0.15, 0.2) is 0 Å². The first-order valence-electron chi connectivity index (χ1n) is 5.68. The molecule has 0 aromatic heterocycles. The Hall–Kier alpha value is -0.0800. The summed E-state index contributed by atoms with van der Waals surface area (Å²) in [7, 11) is 4.57. The minimum absolute atomic E-state index is 0.876. The van der Waals surface area contributed by atoms with Crippen LogP contribution in [0.5, 0.6) is 0 Å². The molecule has 1 saturated heterocycles. The van der Waals surface area contributed by atoms with Gasteiger partial charge in [0.1, 0.15) is 0 Å². The fourth-order valence-corrected chi connectivity index (χ4v) is 2.49. The lowest BCUT2D eigenvalue weighted by atomic mass is 9.89. The monoisotopic (exact) mass is 182 g/mol. The standard InChI is InChI=1S/C11H22N2/c1-12-8-6-11(7-9-12)13(2)10-4-3-5-10/h10-11H,3-9H2,1-2H3. The van der Waals surface area contributed by atoms with Crippen LogP contribution in [0.2, 0.25) is 0 Å². The van der Waals surface area contributed by atoms with Crippen LogP contribution in [0.15, 0.2) is 0 Å². The van der Waals surface area contributed by atoms with E-state index in [2.05, 4.69) is 23.9 Å². The SMILES string of the molecule is CN1CCC(N(C)C2CCC2)CC1. The summed E-state index contributed by atoms with van der Waals surface area (Å²) >= 11 is 0. The Morgan fingerprint density at radius 2 is 1.54 bits per heavy atom. The topological polar surface area (TPSA) is 6.48 Å². The molecular weight excluding hydrogens is 160 g/mol. The molecule has 0 spiro atoms. The van der Waals surface area contributed by atoms with Crippen LogP contribution in [0, 0.1) is 0 Å². The van der Waals surface area contributed by atoms with Gasteiger partial charge in [-0.1, -0.05) is 6.42 Å². The molecule has 2 nitrogen and oxygen atoms in total. The first-order valence-corrected chi connectivity index (χ1v) is 5.68. The maximum atomic E-state index is 2.65. The highest BCUT2D eigenvalue weighted by Crippen LogP contribution is 2.27. The Bertz CT molecular complexity index is 157. The molecule has 0 atom stereocenters. The minimum atomic E-state index is 0.876. The maximum absolute atomic E-state index is 2.65. The van der Waals surface area contributed by atoms with Gasteiger partial charge in [-0.05, 0) is 52.9 Å². The lowest BCUT2D eigenvalue weighted by Crippen LogP contribution is -2.48. The molecule has 1 saturated carbocycles. The van der Waals surface area contributed by atoms with E-state index in [0.29, 0.717) is 0 Å². The van der Waals surface area contributed by atoms with Crippen molar-refractivity contribution in [1.82, 2.24) is 9.80 Å². The Morgan fingerprint density at radius 3 is 2.00 bits per heavy atom. The Balaban J connectivity index is 1.79. The molecular formula is C11H22N2. The molecule has 0 bridgehead atoms. The van der Waals surface area contributed by atoms with Gasteiger partial charge in [-0.2, -0.15) is 0 Å². The largest absolute Gasteiger partial charge is 0.306 e. The second-order valence-electron chi connectivity index (χ2n) is 4.78. The summed E-state index contributed by atoms with van der Waals surface area (Å²) in [6.45, 7) is 2.59. The highest BCUT2D eigenvalue weighted by Gasteiger charge is 2.28. The predicted octanol–water partition coefficient (Wildman–Crippen LogP) is 1.56. The maximum Gasteiger partial charge on any atom is 0.0119 e. The van der Waals surface area contributed by atoms with Crippen LogP contribution >= 0.6 is 0 Å². The quantitative estimate of drug-likeness (QED) is 0.639. The highest BCUT2D eigenvalue weighted by atomic mass is 15.2. The summed E-state index contributed by atoms with van der Waals surface area (Å²) in [4.78, 5) is 5.10. The predicted molar refractivity (Wildman–Crippen MR) is 55.9 cm³/mol. The van der Waals surface area contributed by atoms with E-state index in [4.69, 9.17) is 0 Å². The molecule has 2 heteroatoms. The van der Waals surface area contributed by atoms with Crippen molar-refractivity contribution in [2.24, 2.45) is 0 Å². The molecule has 1 aliphatic carbocycles. The zero-order chi connectivity index (χ0) is 9.26. The normalized spacial score (nSPS) is 27.9. The van der Waals surface area contributed by atoms with Crippen molar-refractivity contribution in [2.45, 2.75) is 44.2 Å². The number of nitrogens with zero attached hydrogens (tertiary/aromatic N) is 2. The number of likely N-dealkylation sites (tertiary alicyclic amines) is 1. The first kappa shape index (κ1) is 9.47. The summed E-state index contributed by atoms with van der Waals surface area (Å²) in [5, 5.41) is 0. The average Bonchev–Trinajstić information content (AvgIpc) is 2.02. The third-order valence-electron chi connectivity index (χ3n) is 3.91. The third kappa shape index (κ3) is 2.05. The number of hydrogen-bond donors (Lipinski definition) is 0. The van der Waals surface area contributed by atoms with Gasteiger partial charge in [0.2, 0.25) is 0 Å². The smallest absolute Gasteiger partial charge is 0.0119 e. The molecule has 76 valence electrons. The Kier molecular flexibility index (Phi) is 2.89. The summed E-state index contributed by atoms with van der Waals surface area (Å²) in [5.74, 6) is 0. The molecule has 0 aromatic carbocycles. The summed E-state index contributed by atoms with van der Waals surface area (Å²) in [5.41, 5.74) is 0.